The van der Waals surface area contributed by atoms with Crippen LogP contribution in [0.25, 0.3) is 34.4 Å². The number of likely N-dealkylation sites (tertiary alicyclic amines) is 2. The van der Waals surface area contributed by atoms with E-state index in [4.69, 9.17) is 42.1 Å². The molecule has 0 bridgehead atoms. The number of amides is 2. The zero-order valence-corrected chi connectivity index (χ0v) is 38.5. The Morgan fingerprint density at radius 2 is 1.00 bits per heavy atom. The van der Waals surface area contributed by atoms with Gasteiger partial charge in [0.05, 0.1) is 36.5 Å². The third-order valence-electron chi connectivity index (χ3n) is 10.9. The molecule has 6 rings (SSSR count). The number of carbonyl (C=O) groups excluding carboxylic acids is 4. The maximum atomic E-state index is 13.7. The third-order valence-corrected chi connectivity index (χ3v) is 13.0. The Morgan fingerprint density at radius 3 is 1.40 bits per heavy atom. The molecule has 0 N–H and O–H groups in total. The van der Waals surface area contributed by atoms with Crippen LogP contribution in [0.15, 0.2) is 94.7 Å². The van der Waals surface area contributed by atoms with E-state index in [2.05, 4.69) is 0 Å². The first-order valence-electron chi connectivity index (χ1n) is 21.7. The zero-order valence-electron chi connectivity index (χ0n) is 36.2. The lowest BCUT2D eigenvalue weighted by Crippen LogP contribution is -2.48. The molecule has 332 valence electrons. The molecule has 2 unspecified atom stereocenters. The van der Waals surface area contributed by atoms with Crippen LogP contribution >= 0.6 is 35.0 Å². The Hall–Kier alpha value is -5.23. The molecule has 2 aliphatic rings. The highest BCUT2D eigenvalue weighted by Gasteiger charge is 2.33. The van der Waals surface area contributed by atoms with Crippen molar-refractivity contribution in [1.82, 2.24) is 9.80 Å². The first-order chi connectivity index (χ1) is 30.6. The predicted octanol–water partition coefficient (Wildman–Crippen LogP) is 11.2. The van der Waals surface area contributed by atoms with E-state index in [1.165, 1.54) is 23.9 Å². The molecule has 4 aromatic rings. The number of ether oxygens (including phenoxy) is 4. The van der Waals surface area contributed by atoms with E-state index >= 15 is 0 Å². The van der Waals surface area contributed by atoms with E-state index in [-0.39, 0.29) is 25.0 Å². The summed E-state index contributed by atoms with van der Waals surface area (Å²) in [7, 11) is 0. The summed E-state index contributed by atoms with van der Waals surface area (Å²) in [5, 5.41) is 0.840. The lowest BCUT2D eigenvalue weighted by molar-refractivity contribution is -0.155. The van der Waals surface area contributed by atoms with E-state index < -0.39 is 24.0 Å². The van der Waals surface area contributed by atoms with Gasteiger partial charge in [0.15, 0.2) is 0 Å². The minimum atomic E-state index is -0.632. The fourth-order valence-corrected chi connectivity index (χ4v) is 9.70. The van der Waals surface area contributed by atoms with Crippen LogP contribution < -0.4 is 9.47 Å². The molecular weight excluding hydrogens is 860 g/mol. The molecule has 10 nitrogen and oxygen atoms in total. The number of nitrogens with zero attached hydrogens (tertiary/aromatic N) is 2. The lowest BCUT2D eigenvalue weighted by Gasteiger charge is -2.33. The van der Waals surface area contributed by atoms with Crippen molar-refractivity contribution in [2.75, 3.05) is 39.5 Å². The fourth-order valence-electron chi connectivity index (χ4n) is 8.03. The van der Waals surface area contributed by atoms with Crippen molar-refractivity contribution >= 4 is 70.9 Å². The average Bonchev–Trinajstić information content (AvgIpc) is 3.30. The Balaban J connectivity index is 1.40. The van der Waals surface area contributed by atoms with E-state index in [0.29, 0.717) is 92.7 Å². The van der Waals surface area contributed by atoms with Crippen molar-refractivity contribution in [3.63, 3.8) is 0 Å². The van der Waals surface area contributed by atoms with Crippen molar-refractivity contribution in [2.24, 2.45) is 0 Å². The van der Waals surface area contributed by atoms with Crippen molar-refractivity contribution < 1.29 is 38.1 Å². The second-order valence-electron chi connectivity index (χ2n) is 14.9. The molecule has 0 aromatic heterocycles. The molecule has 2 saturated heterocycles. The number of esters is 2. The van der Waals surface area contributed by atoms with Crippen LogP contribution in [0, 0.1) is 0 Å². The van der Waals surface area contributed by atoms with Gasteiger partial charge in [-0.15, -0.1) is 0 Å². The van der Waals surface area contributed by atoms with Crippen LogP contribution in [0.3, 0.4) is 0 Å². The summed E-state index contributed by atoms with van der Waals surface area (Å²) in [5.41, 5.74) is 4.15. The molecule has 0 aliphatic carbocycles. The molecule has 0 spiro atoms. The Bertz CT molecular complexity index is 2190. The molecule has 4 aromatic carbocycles. The summed E-state index contributed by atoms with van der Waals surface area (Å²) in [6, 6.07) is 21.5. The number of halogens is 2. The SMILES string of the molecule is CCOC(=O)C1CCCCN1C(=O)C=Cc1ccc(Sc2ccc(C=CC(=O)N3CCCCC3C(=O)OCC)c(-c3ccccc3OCC)c2Cl)c(Cl)c1-c1ccccc1OCC. The topological polar surface area (TPSA) is 112 Å². The first-order valence-corrected chi connectivity index (χ1v) is 23.3. The van der Waals surface area contributed by atoms with Gasteiger partial charge in [0.25, 0.3) is 0 Å². The summed E-state index contributed by atoms with van der Waals surface area (Å²) in [6.45, 7) is 9.59. The van der Waals surface area contributed by atoms with Gasteiger partial charge in [-0.05, 0) is 114 Å². The van der Waals surface area contributed by atoms with Crippen LogP contribution in [0.1, 0.15) is 77.3 Å². The van der Waals surface area contributed by atoms with Crippen LogP contribution in [0.2, 0.25) is 10.0 Å². The summed E-state index contributed by atoms with van der Waals surface area (Å²) in [4.78, 5) is 57.6. The van der Waals surface area contributed by atoms with Crippen LogP contribution in [-0.4, -0.2) is 85.2 Å². The highest BCUT2D eigenvalue weighted by molar-refractivity contribution is 7.99. The summed E-state index contributed by atoms with van der Waals surface area (Å²) in [6.07, 6.45) is 10.8. The minimum Gasteiger partial charge on any atom is -0.493 e. The monoisotopic (exact) mass is 912 g/mol. The van der Waals surface area contributed by atoms with Gasteiger partial charge in [0, 0.05) is 57.3 Å². The standard InChI is InChI=1S/C50H54Cl2N2O8S/c1-5-59-39-21-11-9-17-35(39)45-33(25-29-43(55)53-31-15-13-19-37(53)49(57)61-7-3)23-27-41(47(45)51)63-42-28-24-34(46(48(42)52)36-18-10-12-22-40(36)60-6-2)26-30-44(56)54-32-16-14-20-38(54)50(58)62-8-4/h9-12,17-18,21-30,37-38H,5-8,13-16,19-20,31-32H2,1-4H3. The number of piperidine rings is 2. The molecule has 63 heavy (non-hydrogen) atoms. The van der Waals surface area contributed by atoms with Crippen LogP contribution in [0.4, 0.5) is 0 Å². The third kappa shape index (κ3) is 11.3. The van der Waals surface area contributed by atoms with Gasteiger partial charge >= 0.3 is 11.9 Å². The minimum absolute atomic E-state index is 0.243. The van der Waals surface area contributed by atoms with Gasteiger partial charge in [-0.3, -0.25) is 9.59 Å². The van der Waals surface area contributed by atoms with Gasteiger partial charge in [-0.25, -0.2) is 9.59 Å². The Kier molecular flexibility index (Phi) is 17.2. The van der Waals surface area contributed by atoms with Crippen molar-refractivity contribution in [3.8, 4) is 33.8 Å². The number of hydrogen-bond acceptors (Lipinski definition) is 9. The number of carbonyl (C=O) groups is 4. The van der Waals surface area contributed by atoms with Crippen LogP contribution in [0.5, 0.6) is 11.5 Å². The highest BCUT2D eigenvalue weighted by Crippen LogP contribution is 2.48. The highest BCUT2D eigenvalue weighted by atomic mass is 35.5. The van der Waals surface area contributed by atoms with Gasteiger partial charge in [-0.2, -0.15) is 0 Å². The summed E-state index contributed by atoms with van der Waals surface area (Å²) >= 11 is 16.3. The zero-order chi connectivity index (χ0) is 44.9. The lowest BCUT2D eigenvalue weighted by atomic mass is 9.97. The smallest absolute Gasteiger partial charge is 0.328 e. The largest absolute Gasteiger partial charge is 0.493 e. The van der Waals surface area contributed by atoms with E-state index in [0.717, 1.165) is 36.8 Å². The fraction of sp³-hybridized carbons (Fsp3) is 0.360. The maximum absolute atomic E-state index is 13.7. The second kappa shape index (κ2) is 22.9. The number of hydrogen-bond donors (Lipinski definition) is 0. The molecule has 2 aliphatic heterocycles. The molecule has 2 atom stereocenters. The summed E-state index contributed by atoms with van der Waals surface area (Å²) in [5.74, 6) is -0.110. The van der Waals surface area contributed by atoms with Gasteiger partial charge in [0.1, 0.15) is 23.6 Å². The van der Waals surface area contributed by atoms with Gasteiger partial charge in [0.2, 0.25) is 11.8 Å². The molecular formula is C50H54Cl2N2O8S. The second-order valence-corrected chi connectivity index (χ2v) is 16.7. The Labute approximate surface area is 384 Å². The maximum Gasteiger partial charge on any atom is 0.328 e. The van der Waals surface area contributed by atoms with E-state index in [1.807, 2.05) is 86.6 Å². The first kappa shape index (κ1) is 47.3. The number of rotatable bonds is 16. The quantitative estimate of drug-likeness (QED) is 0.0801. The van der Waals surface area contributed by atoms with Gasteiger partial charge < -0.3 is 28.7 Å². The molecule has 2 amide bonds. The molecule has 2 heterocycles. The number of benzene rings is 4. The normalized spacial score (nSPS) is 16.6. The van der Waals surface area contributed by atoms with E-state index in [9.17, 15) is 19.2 Å². The molecule has 0 saturated carbocycles. The molecule has 13 heteroatoms. The predicted molar refractivity (Wildman–Crippen MR) is 250 cm³/mol. The van der Waals surface area contributed by atoms with Gasteiger partial charge in [-0.1, -0.05) is 83.5 Å². The van der Waals surface area contributed by atoms with Crippen molar-refractivity contribution in [1.29, 1.82) is 0 Å². The van der Waals surface area contributed by atoms with E-state index in [1.54, 1.807) is 35.8 Å². The molecule has 2 fully saturated rings. The van der Waals surface area contributed by atoms with Crippen LogP contribution in [-0.2, 0) is 28.7 Å². The Morgan fingerprint density at radius 1 is 0.587 bits per heavy atom. The average molecular weight is 914 g/mol. The van der Waals surface area contributed by atoms with Crippen molar-refractivity contribution in [3.05, 3.63) is 106 Å². The number of para-hydroxylation sites is 2. The van der Waals surface area contributed by atoms with Crippen molar-refractivity contribution in [2.45, 2.75) is 88.1 Å². The summed E-state index contributed by atoms with van der Waals surface area (Å²) < 4.78 is 22.8. The molecule has 0 radical (unpaired) electrons.